The van der Waals surface area contributed by atoms with E-state index in [0.717, 1.165) is 23.3 Å². The predicted molar refractivity (Wildman–Crippen MR) is 102 cm³/mol. The molecule has 0 amide bonds. The molecule has 0 radical (unpaired) electrons. The number of hydrogen-bond donors (Lipinski definition) is 0. The Kier molecular flexibility index (Phi) is 5.50. The molecule has 0 aliphatic heterocycles. The van der Waals surface area contributed by atoms with Gasteiger partial charge in [0.1, 0.15) is 5.71 Å². The van der Waals surface area contributed by atoms with E-state index >= 15 is 0 Å². The second-order valence-electron chi connectivity index (χ2n) is 5.94. The molecule has 0 heterocycles. The molecule has 0 atom stereocenters. The monoisotopic (exact) mass is 366 g/mol. The lowest BCUT2D eigenvalue weighted by atomic mass is 10.0. The van der Waals surface area contributed by atoms with Gasteiger partial charge in [-0.05, 0) is 24.6 Å². The summed E-state index contributed by atoms with van der Waals surface area (Å²) >= 11 is 0. The first-order valence-corrected chi connectivity index (χ1v) is 8.36. The summed E-state index contributed by atoms with van der Waals surface area (Å²) in [5, 5.41) is 8.66. The van der Waals surface area contributed by atoms with E-state index in [0.29, 0.717) is 17.0 Å². The zero-order valence-electron chi connectivity index (χ0n) is 14.6. The van der Waals surface area contributed by atoms with Gasteiger partial charge in [0.15, 0.2) is 0 Å². The van der Waals surface area contributed by atoms with Crippen molar-refractivity contribution in [3.63, 3.8) is 0 Å². The molecule has 3 aromatic carbocycles. The Bertz CT molecular complexity index is 901. The van der Waals surface area contributed by atoms with E-state index in [9.17, 15) is 13.2 Å². The zero-order chi connectivity index (χ0) is 19.3. The molecule has 0 saturated heterocycles. The van der Waals surface area contributed by atoms with Crippen molar-refractivity contribution >= 4 is 11.4 Å². The lowest BCUT2D eigenvalue weighted by Crippen LogP contribution is -2.06. The highest BCUT2D eigenvalue weighted by molar-refractivity contribution is 6.13. The van der Waals surface area contributed by atoms with Gasteiger partial charge in [-0.3, -0.25) is 0 Å². The summed E-state index contributed by atoms with van der Waals surface area (Å²) in [5.41, 5.74) is 2.96. The minimum atomic E-state index is -4.35. The first-order chi connectivity index (χ1) is 12.9. The highest BCUT2D eigenvalue weighted by atomic mass is 19.4. The zero-order valence-corrected chi connectivity index (χ0v) is 14.6. The average molecular weight is 366 g/mol. The number of nitrogens with zero attached hydrogens (tertiary/aromatic N) is 2. The van der Waals surface area contributed by atoms with Crippen LogP contribution in [0.3, 0.4) is 0 Å². The van der Waals surface area contributed by atoms with Gasteiger partial charge < -0.3 is 0 Å². The fraction of sp³-hybridized carbons (Fsp3) is 0.0909. The van der Waals surface area contributed by atoms with Gasteiger partial charge in [0.25, 0.3) is 0 Å². The molecule has 3 aromatic rings. The van der Waals surface area contributed by atoms with Crippen LogP contribution in [0.5, 0.6) is 0 Å². The van der Waals surface area contributed by atoms with Gasteiger partial charge in [-0.25, -0.2) is 0 Å². The fourth-order valence-electron chi connectivity index (χ4n) is 2.56. The molecule has 0 aliphatic carbocycles. The Morgan fingerprint density at radius 3 is 1.56 bits per heavy atom. The van der Waals surface area contributed by atoms with E-state index in [1.807, 2.05) is 60.7 Å². The number of benzene rings is 3. The summed E-state index contributed by atoms with van der Waals surface area (Å²) in [6.45, 7) is 1.72. The Morgan fingerprint density at radius 1 is 0.630 bits per heavy atom. The molecule has 2 nitrogen and oxygen atoms in total. The van der Waals surface area contributed by atoms with Crippen LogP contribution in [0.15, 0.2) is 95.1 Å². The summed E-state index contributed by atoms with van der Waals surface area (Å²) in [6.07, 6.45) is -4.35. The Balaban J connectivity index is 1.96. The van der Waals surface area contributed by atoms with Crippen LogP contribution in [0.4, 0.5) is 13.2 Å². The van der Waals surface area contributed by atoms with Gasteiger partial charge in [-0.2, -0.15) is 18.3 Å². The smallest absolute Gasteiger partial charge is 0.166 e. The van der Waals surface area contributed by atoms with Crippen LogP contribution in [0.25, 0.3) is 0 Å². The molecule has 0 aromatic heterocycles. The van der Waals surface area contributed by atoms with Crippen molar-refractivity contribution in [2.75, 3.05) is 0 Å². The van der Waals surface area contributed by atoms with Crippen LogP contribution in [-0.4, -0.2) is 11.4 Å². The van der Waals surface area contributed by atoms with Crippen LogP contribution in [0.1, 0.15) is 29.2 Å². The number of alkyl halides is 3. The number of rotatable bonds is 4. The van der Waals surface area contributed by atoms with E-state index in [1.54, 1.807) is 6.92 Å². The third-order valence-corrected chi connectivity index (χ3v) is 4.02. The Morgan fingerprint density at radius 2 is 1.11 bits per heavy atom. The van der Waals surface area contributed by atoms with E-state index in [4.69, 9.17) is 0 Å². The summed E-state index contributed by atoms with van der Waals surface area (Å²) < 4.78 is 38.1. The normalized spacial score (nSPS) is 11.9. The molecule has 136 valence electrons. The summed E-state index contributed by atoms with van der Waals surface area (Å²) in [4.78, 5) is 0. The quantitative estimate of drug-likeness (QED) is 0.402. The minimum absolute atomic E-state index is 0.535. The predicted octanol–water partition coefficient (Wildman–Crippen LogP) is 5.97. The molecule has 0 N–H and O–H groups in total. The van der Waals surface area contributed by atoms with Crippen molar-refractivity contribution in [2.45, 2.75) is 13.1 Å². The fourth-order valence-corrected chi connectivity index (χ4v) is 2.56. The van der Waals surface area contributed by atoms with Gasteiger partial charge in [0.05, 0.1) is 11.3 Å². The molecule has 0 unspecified atom stereocenters. The van der Waals surface area contributed by atoms with Crippen LogP contribution in [0, 0.1) is 0 Å². The van der Waals surface area contributed by atoms with Gasteiger partial charge in [-0.15, -0.1) is 5.10 Å². The summed E-state index contributed by atoms with van der Waals surface area (Å²) in [7, 11) is 0. The lowest BCUT2D eigenvalue weighted by Gasteiger charge is -2.08. The molecule has 0 spiro atoms. The standard InChI is InChI=1S/C22H17F3N2/c1-16(17-12-14-20(15-13-17)22(23,24)25)26-27-21(18-8-4-2-5-9-18)19-10-6-3-7-11-19/h2-15H,1H3/b26-16-. The number of hydrogen-bond acceptors (Lipinski definition) is 2. The highest BCUT2D eigenvalue weighted by Gasteiger charge is 2.29. The second-order valence-corrected chi connectivity index (χ2v) is 5.94. The Hall–Kier alpha value is -3.21. The topological polar surface area (TPSA) is 24.7 Å². The maximum absolute atomic E-state index is 12.7. The first-order valence-electron chi connectivity index (χ1n) is 8.36. The summed E-state index contributed by atoms with van der Waals surface area (Å²) in [5.74, 6) is 0. The first kappa shape index (κ1) is 18.6. The summed E-state index contributed by atoms with van der Waals surface area (Å²) in [6, 6.07) is 24.2. The minimum Gasteiger partial charge on any atom is -0.166 e. The van der Waals surface area contributed by atoms with E-state index in [-0.39, 0.29) is 0 Å². The lowest BCUT2D eigenvalue weighted by molar-refractivity contribution is -0.137. The van der Waals surface area contributed by atoms with Gasteiger partial charge in [0.2, 0.25) is 0 Å². The maximum atomic E-state index is 12.7. The molecule has 0 saturated carbocycles. The molecule has 27 heavy (non-hydrogen) atoms. The van der Waals surface area contributed by atoms with Crippen LogP contribution >= 0.6 is 0 Å². The molecule has 0 aliphatic rings. The average Bonchev–Trinajstić information content (AvgIpc) is 2.69. The molecular weight excluding hydrogens is 349 g/mol. The van der Waals surface area contributed by atoms with E-state index < -0.39 is 11.7 Å². The highest BCUT2D eigenvalue weighted by Crippen LogP contribution is 2.29. The van der Waals surface area contributed by atoms with Gasteiger partial charge >= 0.3 is 6.18 Å². The molecule has 3 rings (SSSR count). The van der Waals surface area contributed by atoms with Crippen molar-refractivity contribution in [1.82, 2.24) is 0 Å². The maximum Gasteiger partial charge on any atom is 0.416 e. The van der Waals surface area contributed by atoms with Crippen molar-refractivity contribution in [1.29, 1.82) is 0 Å². The van der Waals surface area contributed by atoms with Crippen molar-refractivity contribution < 1.29 is 13.2 Å². The van der Waals surface area contributed by atoms with E-state index in [1.165, 1.54) is 12.1 Å². The van der Waals surface area contributed by atoms with Crippen molar-refractivity contribution in [3.05, 3.63) is 107 Å². The number of halogens is 3. The third-order valence-electron chi connectivity index (χ3n) is 4.02. The Labute approximate surface area is 155 Å². The van der Waals surface area contributed by atoms with Gasteiger partial charge in [-0.1, -0.05) is 72.8 Å². The van der Waals surface area contributed by atoms with Crippen molar-refractivity contribution in [2.24, 2.45) is 10.2 Å². The van der Waals surface area contributed by atoms with Crippen molar-refractivity contribution in [3.8, 4) is 0 Å². The van der Waals surface area contributed by atoms with Crippen LogP contribution in [0.2, 0.25) is 0 Å². The molecular formula is C22H17F3N2. The van der Waals surface area contributed by atoms with Crippen LogP contribution in [-0.2, 0) is 6.18 Å². The molecule has 5 heteroatoms. The van der Waals surface area contributed by atoms with Crippen LogP contribution < -0.4 is 0 Å². The largest absolute Gasteiger partial charge is 0.416 e. The second kappa shape index (κ2) is 7.99. The molecule has 0 bridgehead atoms. The van der Waals surface area contributed by atoms with E-state index in [2.05, 4.69) is 10.2 Å². The SMILES string of the molecule is C/C(=N/N=C(c1ccccc1)c1ccccc1)c1ccc(C(F)(F)F)cc1. The third kappa shape index (κ3) is 4.70. The molecule has 0 fully saturated rings. The van der Waals surface area contributed by atoms with Gasteiger partial charge in [0, 0.05) is 11.1 Å².